The quantitative estimate of drug-likeness (QED) is 0.695. The second-order valence-corrected chi connectivity index (χ2v) is 10.8. The van der Waals surface area contributed by atoms with Crippen LogP contribution in [0.3, 0.4) is 0 Å². The van der Waals surface area contributed by atoms with Crippen LogP contribution >= 0.6 is 0 Å². The zero-order valence-corrected chi connectivity index (χ0v) is 16.7. The van der Waals surface area contributed by atoms with Crippen molar-refractivity contribution >= 4 is 0 Å². The standard InChI is InChI=1S/C23H38O2/c1-15(14-24)18-7-8-19-17-6-5-16-13-21(2,25)11-12-22(16,3)20(17)9-10-23(18,19)4/h9,15-19,24-25H,5-8,10-14H2,1-4H3/t15-,16+,17+,18-,19+,21+,22+,23-/m1/s1. The average molecular weight is 347 g/mol. The summed E-state index contributed by atoms with van der Waals surface area (Å²) < 4.78 is 0. The van der Waals surface area contributed by atoms with E-state index in [0.29, 0.717) is 35.2 Å². The second kappa shape index (κ2) is 5.83. The first-order chi connectivity index (χ1) is 11.7. The summed E-state index contributed by atoms with van der Waals surface area (Å²) in [5.74, 6) is 3.35. The predicted molar refractivity (Wildman–Crippen MR) is 102 cm³/mol. The molecular formula is C23H38O2. The first kappa shape index (κ1) is 18.0. The maximum Gasteiger partial charge on any atom is 0.0623 e. The summed E-state index contributed by atoms with van der Waals surface area (Å²) in [6.45, 7) is 9.66. The molecule has 3 saturated carbocycles. The molecule has 0 saturated heterocycles. The Labute approximate surface area is 154 Å². The third kappa shape index (κ3) is 2.57. The van der Waals surface area contributed by atoms with E-state index in [4.69, 9.17) is 0 Å². The summed E-state index contributed by atoms with van der Waals surface area (Å²) in [7, 11) is 0. The van der Waals surface area contributed by atoms with E-state index in [1.54, 1.807) is 5.57 Å². The van der Waals surface area contributed by atoms with Crippen molar-refractivity contribution in [2.24, 2.45) is 40.4 Å². The monoisotopic (exact) mass is 346 g/mol. The molecule has 4 rings (SSSR count). The second-order valence-electron chi connectivity index (χ2n) is 10.8. The van der Waals surface area contributed by atoms with Gasteiger partial charge in [-0.05, 0) is 98.7 Å². The third-order valence-electron chi connectivity index (χ3n) is 9.36. The molecule has 25 heavy (non-hydrogen) atoms. The van der Waals surface area contributed by atoms with Gasteiger partial charge in [0.25, 0.3) is 0 Å². The number of allylic oxidation sites excluding steroid dienone is 2. The largest absolute Gasteiger partial charge is 0.396 e. The zero-order valence-electron chi connectivity index (χ0n) is 16.7. The summed E-state index contributed by atoms with van der Waals surface area (Å²) in [5, 5.41) is 20.3. The van der Waals surface area contributed by atoms with Gasteiger partial charge in [0, 0.05) is 6.61 Å². The summed E-state index contributed by atoms with van der Waals surface area (Å²) in [4.78, 5) is 0. The molecule has 0 amide bonds. The highest BCUT2D eigenvalue weighted by atomic mass is 16.3. The van der Waals surface area contributed by atoms with Crippen molar-refractivity contribution < 1.29 is 10.2 Å². The molecule has 0 radical (unpaired) electrons. The highest BCUT2D eigenvalue weighted by molar-refractivity contribution is 5.29. The van der Waals surface area contributed by atoms with Gasteiger partial charge >= 0.3 is 0 Å². The first-order valence-corrected chi connectivity index (χ1v) is 10.7. The Hall–Kier alpha value is -0.340. The van der Waals surface area contributed by atoms with Crippen molar-refractivity contribution in [1.29, 1.82) is 0 Å². The SMILES string of the molecule is C[C@H](CO)[C@H]1CC[C@H]2[C@@H]3CC[C@H]4C[C@@](C)(O)CC[C@]4(C)C3=CC[C@]12C. The highest BCUT2D eigenvalue weighted by Gasteiger charge is 2.58. The minimum Gasteiger partial charge on any atom is -0.396 e. The minimum absolute atomic E-state index is 0.327. The van der Waals surface area contributed by atoms with Crippen molar-refractivity contribution in [2.45, 2.75) is 84.7 Å². The van der Waals surface area contributed by atoms with Gasteiger partial charge in [-0.25, -0.2) is 0 Å². The van der Waals surface area contributed by atoms with E-state index >= 15 is 0 Å². The summed E-state index contributed by atoms with van der Waals surface area (Å²) in [6, 6.07) is 0. The fourth-order valence-electron chi connectivity index (χ4n) is 7.80. The molecule has 142 valence electrons. The smallest absolute Gasteiger partial charge is 0.0623 e. The average Bonchev–Trinajstić information content (AvgIpc) is 2.92. The fourth-order valence-corrected chi connectivity index (χ4v) is 7.80. The predicted octanol–water partition coefficient (Wildman–Crippen LogP) is 4.94. The van der Waals surface area contributed by atoms with Crippen molar-refractivity contribution in [3.05, 3.63) is 11.6 Å². The number of hydrogen-bond donors (Lipinski definition) is 2. The number of aliphatic hydroxyl groups is 2. The Morgan fingerprint density at radius 2 is 1.88 bits per heavy atom. The van der Waals surface area contributed by atoms with E-state index in [-0.39, 0.29) is 0 Å². The molecular weight excluding hydrogens is 308 g/mol. The number of rotatable bonds is 2. The number of hydrogen-bond acceptors (Lipinski definition) is 2. The van der Waals surface area contributed by atoms with E-state index in [9.17, 15) is 10.2 Å². The lowest BCUT2D eigenvalue weighted by atomic mass is 9.47. The molecule has 2 nitrogen and oxygen atoms in total. The molecule has 4 aliphatic carbocycles. The van der Waals surface area contributed by atoms with Gasteiger partial charge in [0.05, 0.1) is 5.60 Å². The van der Waals surface area contributed by atoms with Crippen molar-refractivity contribution in [2.75, 3.05) is 6.61 Å². The number of aliphatic hydroxyl groups excluding tert-OH is 1. The molecule has 2 heteroatoms. The van der Waals surface area contributed by atoms with Crippen molar-refractivity contribution in [1.82, 2.24) is 0 Å². The fraction of sp³-hybridized carbons (Fsp3) is 0.913. The summed E-state index contributed by atoms with van der Waals surface area (Å²) in [5.41, 5.74) is 2.03. The van der Waals surface area contributed by atoms with Gasteiger partial charge in [0.2, 0.25) is 0 Å². The maximum atomic E-state index is 10.6. The Bertz CT molecular complexity index is 564. The number of fused-ring (bicyclic) bond motifs is 5. The van der Waals surface area contributed by atoms with Crippen LogP contribution in [-0.2, 0) is 0 Å². The van der Waals surface area contributed by atoms with E-state index < -0.39 is 5.60 Å². The topological polar surface area (TPSA) is 40.5 Å². The van der Waals surface area contributed by atoms with Crippen LogP contribution in [0, 0.1) is 40.4 Å². The van der Waals surface area contributed by atoms with Crippen LogP contribution in [0.5, 0.6) is 0 Å². The molecule has 2 N–H and O–H groups in total. The van der Waals surface area contributed by atoms with Gasteiger partial charge in [-0.15, -0.1) is 0 Å². The van der Waals surface area contributed by atoms with Crippen molar-refractivity contribution in [3.63, 3.8) is 0 Å². The van der Waals surface area contributed by atoms with Gasteiger partial charge in [-0.2, -0.15) is 0 Å². The molecule has 3 fully saturated rings. The molecule has 0 spiro atoms. The van der Waals surface area contributed by atoms with E-state index in [1.807, 2.05) is 6.92 Å². The van der Waals surface area contributed by atoms with E-state index in [0.717, 1.165) is 31.1 Å². The molecule has 0 heterocycles. The van der Waals surface area contributed by atoms with Crippen LogP contribution in [0.1, 0.15) is 79.1 Å². The molecule has 0 unspecified atom stereocenters. The third-order valence-corrected chi connectivity index (χ3v) is 9.36. The van der Waals surface area contributed by atoms with E-state index in [1.165, 1.54) is 32.1 Å². The van der Waals surface area contributed by atoms with E-state index in [2.05, 4.69) is 26.8 Å². The molecule has 0 aromatic heterocycles. The summed E-state index contributed by atoms with van der Waals surface area (Å²) >= 11 is 0. The molecule has 0 aliphatic heterocycles. The van der Waals surface area contributed by atoms with Crippen LogP contribution in [0.15, 0.2) is 11.6 Å². The van der Waals surface area contributed by atoms with Crippen molar-refractivity contribution in [3.8, 4) is 0 Å². The molecule has 4 aliphatic rings. The molecule has 0 aromatic carbocycles. The van der Waals surface area contributed by atoms with Gasteiger partial charge in [0.15, 0.2) is 0 Å². The highest BCUT2D eigenvalue weighted by Crippen LogP contribution is 2.66. The van der Waals surface area contributed by atoms with Gasteiger partial charge in [-0.1, -0.05) is 32.4 Å². The maximum absolute atomic E-state index is 10.6. The lowest BCUT2D eigenvalue weighted by Crippen LogP contribution is -2.51. The normalized spacial score (nSPS) is 53.4. The Kier molecular flexibility index (Phi) is 4.21. The molecule has 8 atom stereocenters. The summed E-state index contributed by atoms with van der Waals surface area (Å²) in [6.07, 6.45) is 12.2. The zero-order chi connectivity index (χ0) is 18.0. The molecule has 0 bridgehead atoms. The lowest BCUT2D eigenvalue weighted by molar-refractivity contribution is -0.0651. The van der Waals surface area contributed by atoms with Gasteiger partial charge in [-0.3, -0.25) is 0 Å². The Morgan fingerprint density at radius 1 is 1.12 bits per heavy atom. The lowest BCUT2D eigenvalue weighted by Gasteiger charge is -2.58. The Morgan fingerprint density at radius 3 is 2.60 bits per heavy atom. The first-order valence-electron chi connectivity index (χ1n) is 10.7. The van der Waals surface area contributed by atoms with Gasteiger partial charge in [0.1, 0.15) is 0 Å². The Balaban J connectivity index is 1.65. The van der Waals surface area contributed by atoms with Crippen LogP contribution in [-0.4, -0.2) is 22.4 Å². The minimum atomic E-state index is -0.449. The van der Waals surface area contributed by atoms with Crippen LogP contribution in [0.4, 0.5) is 0 Å². The van der Waals surface area contributed by atoms with Gasteiger partial charge < -0.3 is 10.2 Å². The van der Waals surface area contributed by atoms with Crippen LogP contribution in [0.2, 0.25) is 0 Å². The van der Waals surface area contributed by atoms with Crippen LogP contribution < -0.4 is 0 Å². The van der Waals surface area contributed by atoms with Crippen LogP contribution in [0.25, 0.3) is 0 Å². The molecule has 0 aromatic rings.